The van der Waals surface area contributed by atoms with Gasteiger partial charge in [0.05, 0.1) is 29.4 Å². The van der Waals surface area contributed by atoms with E-state index in [1.807, 2.05) is 0 Å². The largest absolute Gasteiger partial charge is 0.495 e. The van der Waals surface area contributed by atoms with Gasteiger partial charge in [0.15, 0.2) is 0 Å². The minimum atomic E-state index is -0.772. The average molecular weight is 306 g/mol. The highest BCUT2D eigenvalue weighted by atomic mass is 35.5. The molecule has 0 spiro atoms. The number of benzene rings is 1. The third kappa shape index (κ3) is 3.49. The fourth-order valence-corrected chi connectivity index (χ4v) is 2.06. The van der Waals surface area contributed by atoms with Crippen LogP contribution in [0.3, 0.4) is 0 Å². The van der Waals surface area contributed by atoms with Gasteiger partial charge < -0.3 is 14.8 Å². The van der Waals surface area contributed by atoms with Crippen LogP contribution in [0.25, 0.3) is 0 Å². The molecule has 104 valence electrons. The van der Waals surface area contributed by atoms with E-state index in [0.29, 0.717) is 34.6 Å². The molecule has 2 rings (SSSR count). The number of carbonyl (C=O) groups is 1. The monoisotopic (exact) mass is 305 g/mol. The van der Waals surface area contributed by atoms with Crippen LogP contribution in [0.5, 0.6) is 5.75 Å². The Morgan fingerprint density at radius 1 is 1.47 bits per heavy atom. The lowest BCUT2D eigenvalue weighted by atomic mass is 10.3. The molecule has 3 N–H and O–H groups in total. The second-order valence-electron chi connectivity index (χ2n) is 3.78. The first-order chi connectivity index (χ1) is 9.11. The third-order valence-corrected chi connectivity index (χ3v) is 3.09. The molecular formula is C11H13Cl2N3O3. The van der Waals surface area contributed by atoms with Crippen LogP contribution in [-0.4, -0.2) is 32.4 Å². The zero-order chi connectivity index (χ0) is 13.8. The Morgan fingerprint density at radius 2 is 2.26 bits per heavy atom. The minimum absolute atomic E-state index is 0.322. The van der Waals surface area contributed by atoms with Crippen molar-refractivity contribution in [3.63, 3.8) is 0 Å². The van der Waals surface area contributed by atoms with Gasteiger partial charge in [-0.3, -0.25) is 10.2 Å². The number of hydrogen-bond donors (Lipinski definition) is 3. The van der Waals surface area contributed by atoms with Crippen LogP contribution in [0, 0.1) is 0 Å². The van der Waals surface area contributed by atoms with E-state index < -0.39 is 6.23 Å². The number of anilines is 1. The SMILES string of the molecule is COc1cc(NC(=O)C2NNCCO2)c(Cl)cc1Cl. The summed E-state index contributed by atoms with van der Waals surface area (Å²) in [6, 6.07) is 3.06. The van der Waals surface area contributed by atoms with Crippen molar-refractivity contribution in [1.29, 1.82) is 0 Å². The summed E-state index contributed by atoms with van der Waals surface area (Å²) in [5, 5.41) is 3.34. The number of ether oxygens (including phenoxy) is 2. The smallest absolute Gasteiger partial charge is 0.269 e. The van der Waals surface area contributed by atoms with Crippen molar-refractivity contribution in [3.8, 4) is 5.75 Å². The molecule has 19 heavy (non-hydrogen) atoms. The van der Waals surface area contributed by atoms with Crippen LogP contribution in [0.2, 0.25) is 10.0 Å². The summed E-state index contributed by atoms with van der Waals surface area (Å²) in [7, 11) is 1.48. The Balaban J connectivity index is 2.11. The van der Waals surface area contributed by atoms with E-state index >= 15 is 0 Å². The molecule has 1 aromatic rings. The molecule has 6 nitrogen and oxygen atoms in total. The molecular weight excluding hydrogens is 293 g/mol. The molecule has 1 atom stereocenters. The fourth-order valence-electron chi connectivity index (χ4n) is 1.56. The van der Waals surface area contributed by atoms with Crippen molar-refractivity contribution in [1.82, 2.24) is 10.9 Å². The second kappa shape index (κ2) is 6.40. The van der Waals surface area contributed by atoms with Gasteiger partial charge in [-0.25, -0.2) is 5.43 Å². The van der Waals surface area contributed by atoms with E-state index in [-0.39, 0.29) is 5.91 Å². The van der Waals surface area contributed by atoms with E-state index in [0.717, 1.165) is 0 Å². The maximum absolute atomic E-state index is 11.9. The Bertz CT molecular complexity index is 478. The first kappa shape index (κ1) is 14.4. The Morgan fingerprint density at radius 3 is 2.89 bits per heavy atom. The van der Waals surface area contributed by atoms with Crippen LogP contribution < -0.4 is 20.9 Å². The van der Waals surface area contributed by atoms with Gasteiger partial charge in [0, 0.05) is 12.6 Å². The Labute approximate surface area is 120 Å². The number of halogens is 2. The Kier molecular flexibility index (Phi) is 4.84. The van der Waals surface area contributed by atoms with Gasteiger partial charge in [0.1, 0.15) is 5.75 Å². The molecule has 1 unspecified atom stereocenters. The van der Waals surface area contributed by atoms with Gasteiger partial charge in [0.25, 0.3) is 5.91 Å². The molecule has 0 aliphatic carbocycles. The lowest BCUT2D eigenvalue weighted by Gasteiger charge is -2.24. The van der Waals surface area contributed by atoms with Crippen LogP contribution >= 0.6 is 23.2 Å². The van der Waals surface area contributed by atoms with E-state index in [1.165, 1.54) is 13.2 Å². The number of hydrogen-bond acceptors (Lipinski definition) is 5. The molecule has 0 bridgehead atoms. The molecule has 0 radical (unpaired) electrons. The summed E-state index contributed by atoms with van der Waals surface area (Å²) < 4.78 is 10.3. The number of nitrogens with one attached hydrogen (secondary N) is 3. The van der Waals surface area contributed by atoms with Gasteiger partial charge in [-0.05, 0) is 6.07 Å². The molecule has 1 aromatic carbocycles. The molecule has 0 saturated carbocycles. The summed E-state index contributed by atoms with van der Waals surface area (Å²) >= 11 is 11.9. The van der Waals surface area contributed by atoms with Gasteiger partial charge in [0.2, 0.25) is 6.23 Å². The van der Waals surface area contributed by atoms with Crippen LogP contribution in [0.15, 0.2) is 12.1 Å². The molecule has 8 heteroatoms. The molecule has 1 aliphatic rings. The quantitative estimate of drug-likeness (QED) is 0.787. The number of rotatable bonds is 3. The molecule has 1 fully saturated rings. The van der Waals surface area contributed by atoms with Gasteiger partial charge in [-0.2, -0.15) is 0 Å². The predicted molar refractivity (Wildman–Crippen MR) is 72.5 cm³/mol. The van der Waals surface area contributed by atoms with E-state index in [9.17, 15) is 4.79 Å². The molecule has 1 saturated heterocycles. The van der Waals surface area contributed by atoms with E-state index in [4.69, 9.17) is 32.7 Å². The number of hydrazine groups is 1. The van der Waals surface area contributed by atoms with Crippen LogP contribution in [0.4, 0.5) is 5.69 Å². The average Bonchev–Trinajstić information content (AvgIpc) is 2.42. The van der Waals surface area contributed by atoms with Crippen molar-refractivity contribution in [2.24, 2.45) is 0 Å². The summed E-state index contributed by atoms with van der Waals surface area (Å²) in [6.45, 7) is 1.09. The highest BCUT2D eigenvalue weighted by Gasteiger charge is 2.22. The fraction of sp³-hybridized carbons (Fsp3) is 0.364. The Hall–Kier alpha value is -1.05. The van der Waals surface area contributed by atoms with Gasteiger partial charge in [-0.1, -0.05) is 23.2 Å². The highest BCUT2D eigenvalue weighted by molar-refractivity contribution is 6.37. The number of methoxy groups -OCH3 is 1. The van der Waals surface area contributed by atoms with Crippen LogP contribution in [-0.2, 0) is 9.53 Å². The minimum Gasteiger partial charge on any atom is -0.495 e. The zero-order valence-electron chi connectivity index (χ0n) is 10.1. The predicted octanol–water partition coefficient (Wildman–Crippen LogP) is 1.39. The lowest BCUT2D eigenvalue weighted by molar-refractivity contribution is -0.133. The first-order valence-electron chi connectivity index (χ1n) is 5.55. The van der Waals surface area contributed by atoms with Crippen molar-refractivity contribution in [2.45, 2.75) is 6.23 Å². The summed E-state index contributed by atoms with van der Waals surface area (Å²) in [5.41, 5.74) is 5.95. The normalized spacial score (nSPS) is 19.0. The van der Waals surface area contributed by atoms with Crippen molar-refractivity contribution in [2.75, 3.05) is 25.6 Å². The second-order valence-corrected chi connectivity index (χ2v) is 4.59. The summed E-state index contributed by atoms with van der Waals surface area (Å²) in [6.07, 6.45) is -0.772. The van der Waals surface area contributed by atoms with Crippen LogP contribution in [0.1, 0.15) is 0 Å². The number of amides is 1. The summed E-state index contributed by atoms with van der Waals surface area (Å²) in [4.78, 5) is 11.9. The first-order valence-corrected chi connectivity index (χ1v) is 6.31. The maximum atomic E-state index is 11.9. The van der Waals surface area contributed by atoms with Crippen molar-refractivity contribution >= 4 is 34.8 Å². The van der Waals surface area contributed by atoms with Crippen molar-refractivity contribution in [3.05, 3.63) is 22.2 Å². The molecule has 1 amide bonds. The van der Waals surface area contributed by atoms with E-state index in [1.54, 1.807) is 6.07 Å². The molecule has 0 aromatic heterocycles. The molecule has 1 aliphatic heterocycles. The number of carbonyl (C=O) groups excluding carboxylic acids is 1. The maximum Gasteiger partial charge on any atom is 0.269 e. The third-order valence-electron chi connectivity index (χ3n) is 2.48. The standard InChI is InChI=1S/C11H13Cl2N3O3/c1-18-9-5-8(6(12)4-7(9)13)15-10(17)11-16-14-2-3-19-11/h4-5,11,14,16H,2-3H2,1H3,(H,15,17). The lowest BCUT2D eigenvalue weighted by Crippen LogP contribution is -2.54. The van der Waals surface area contributed by atoms with Crippen molar-refractivity contribution < 1.29 is 14.3 Å². The van der Waals surface area contributed by atoms with Gasteiger partial charge in [-0.15, -0.1) is 0 Å². The summed E-state index contributed by atoms with van der Waals surface area (Å²) in [5.74, 6) is 0.0653. The van der Waals surface area contributed by atoms with E-state index in [2.05, 4.69) is 16.2 Å². The zero-order valence-corrected chi connectivity index (χ0v) is 11.6. The highest BCUT2D eigenvalue weighted by Crippen LogP contribution is 2.34. The topological polar surface area (TPSA) is 71.6 Å². The van der Waals surface area contributed by atoms with Gasteiger partial charge >= 0.3 is 0 Å². The molecule has 1 heterocycles.